The van der Waals surface area contributed by atoms with Crippen molar-refractivity contribution in [2.24, 2.45) is 5.92 Å². The van der Waals surface area contributed by atoms with E-state index in [4.69, 9.17) is 0 Å². The largest absolute Gasteiger partial charge is 0.389 e. The molecule has 1 rings (SSSR count). The summed E-state index contributed by atoms with van der Waals surface area (Å²) in [5.41, 5.74) is 2.00. The second-order valence-corrected chi connectivity index (χ2v) is 6.25. The van der Waals surface area contributed by atoms with E-state index < -0.39 is 5.60 Å². The minimum absolute atomic E-state index is 0.268. The average Bonchev–Trinajstić information content (AvgIpc) is 2.25. The molecule has 102 valence electrons. The van der Waals surface area contributed by atoms with Gasteiger partial charge in [-0.05, 0) is 44.2 Å². The molecule has 2 N–H and O–H groups in total. The molecule has 0 bridgehead atoms. The van der Waals surface area contributed by atoms with Crippen LogP contribution in [0.5, 0.6) is 0 Å². The van der Waals surface area contributed by atoms with Crippen molar-refractivity contribution < 1.29 is 5.11 Å². The maximum atomic E-state index is 9.69. The molecule has 0 aromatic heterocycles. The number of rotatable bonds is 6. The molecule has 0 aliphatic heterocycles. The maximum absolute atomic E-state index is 9.69. The van der Waals surface area contributed by atoms with Crippen LogP contribution in [0.25, 0.3) is 0 Å². The fourth-order valence-electron chi connectivity index (χ4n) is 1.93. The van der Waals surface area contributed by atoms with Crippen molar-refractivity contribution in [2.45, 2.75) is 52.7 Å². The molecule has 2 nitrogen and oxygen atoms in total. The monoisotopic (exact) mass is 249 g/mol. The summed E-state index contributed by atoms with van der Waals surface area (Å²) in [5, 5.41) is 13.0. The number of aliphatic hydroxyl groups is 1. The van der Waals surface area contributed by atoms with Gasteiger partial charge in [0.25, 0.3) is 0 Å². The fourth-order valence-corrected chi connectivity index (χ4v) is 1.93. The van der Waals surface area contributed by atoms with Crippen LogP contribution in [-0.2, 0) is 6.42 Å². The van der Waals surface area contributed by atoms with E-state index >= 15 is 0 Å². The highest BCUT2D eigenvalue weighted by Gasteiger charge is 2.14. The normalized spacial score (nSPS) is 13.9. The van der Waals surface area contributed by atoms with Crippen LogP contribution in [0.2, 0.25) is 0 Å². The molecule has 1 aromatic rings. The van der Waals surface area contributed by atoms with Crippen LogP contribution in [0, 0.1) is 5.92 Å². The molecule has 0 saturated heterocycles. The molecule has 0 aliphatic rings. The Balaban J connectivity index is 2.56. The van der Waals surface area contributed by atoms with Crippen molar-refractivity contribution in [3.05, 3.63) is 35.4 Å². The fraction of sp³-hybridized carbons (Fsp3) is 0.625. The van der Waals surface area contributed by atoms with Gasteiger partial charge < -0.3 is 10.4 Å². The van der Waals surface area contributed by atoms with Crippen molar-refractivity contribution in [3.8, 4) is 0 Å². The smallest absolute Gasteiger partial charge is 0.0715 e. The summed E-state index contributed by atoms with van der Waals surface area (Å²) in [6.07, 6.45) is 1.13. The zero-order valence-corrected chi connectivity index (χ0v) is 12.3. The first-order valence-electron chi connectivity index (χ1n) is 6.82. The van der Waals surface area contributed by atoms with E-state index in [9.17, 15) is 5.11 Å². The van der Waals surface area contributed by atoms with E-state index in [1.165, 1.54) is 11.1 Å². The molecular weight excluding hydrogens is 222 g/mol. The van der Waals surface area contributed by atoms with Gasteiger partial charge >= 0.3 is 0 Å². The van der Waals surface area contributed by atoms with Gasteiger partial charge in [-0.25, -0.2) is 0 Å². The molecular formula is C16H27NO. The molecule has 18 heavy (non-hydrogen) atoms. The van der Waals surface area contributed by atoms with E-state index in [0.29, 0.717) is 12.5 Å². The summed E-state index contributed by atoms with van der Waals surface area (Å²) in [5.74, 6) is 0.696. The Hall–Kier alpha value is -0.860. The van der Waals surface area contributed by atoms with Gasteiger partial charge in [0.15, 0.2) is 0 Å². The van der Waals surface area contributed by atoms with Crippen LogP contribution in [0.3, 0.4) is 0 Å². The third kappa shape index (κ3) is 5.65. The maximum Gasteiger partial charge on any atom is 0.0715 e. The molecule has 0 aliphatic carbocycles. The Morgan fingerprint density at radius 3 is 2.11 bits per heavy atom. The summed E-state index contributed by atoms with van der Waals surface area (Å²) in [6.45, 7) is 10.8. The number of hydrogen-bond acceptors (Lipinski definition) is 2. The summed E-state index contributed by atoms with van der Waals surface area (Å²) in [6, 6.07) is 9.04. The molecule has 0 radical (unpaired) electrons. The third-order valence-corrected chi connectivity index (χ3v) is 2.96. The highest BCUT2D eigenvalue weighted by molar-refractivity contribution is 5.25. The Labute approximate surface area is 111 Å². The van der Waals surface area contributed by atoms with Gasteiger partial charge in [0.1, 0.15) is 0 Å². The van der Waals surface area contributed by atoms with E-state index in [0.717, 1.165) is 6.42 Å². The van der Waals surface area contributed by atoms with Crippen LogP contribution in [-0.4, -0.2) is 17.3 Å². The Morgan fingerprint density at radius 2 is 1.67 bits per heavy atom. The number of benzene rings is 1. The minimum atomic E-state index is -0.661. The summed E-state index contributed by atoms with van der Waals surface area (Å²) < 4.78 is 0. The van der Waals surface area contributed by atoms with Crippen LogP contribution >= 0.6 is 0 Å². The van der Waals surface area contributed by atoms with Gasteiger partial charge in [0.05, 0.1) is 5.60 Å². The minimum Gasteiger partial charge on any atom is -0.389 e. The molecule has 0 fully saturated rings. The van der Waals surface area contributed by atoms with Gasteiger partial charge in [-0.15, -0.1) is 0 Å². The molecule has 2 heteroatoms. The van der Waals surface area contributed by atoms with Gasteiger partial charge in [0, 0.05) is 12.6 Å². The predicted molar refractivity (Wildman–Crippen MR) is 77.7 cm³/mol. The second kappa shape index (κ2) is 6.35. The van der Waals surface area contributed by atoms with Crippen molar-refractivity contribution in [3.63, 3.8) is 0 Å². The molecule has 1 aromatic carbocycles. The highest BCUT2D eigenvalue weighted by Crippen LogP contribution is 2.16. The SMILES string of the molecule is CC(C)Cc1ccc(C(C)NCC(C)(C)O)cc1. The van der Waals surface area contributed by atoms with E-state index in [-0.39, 0.29) is 6.04 Å². The lowest BCUT2D eigenvalue weighted by Crippen LogP contribution is -2.36. The highest BCUT2D eigenvalue weighted by atomic mass is 16.3. The first kappa shape index (κ1) is 15.2. The van der Waals surface area contributed by atoms with Crippen molar-refractivity contribution in [2.75, 3.05) is 6.54 Å². The Morgan fingerprint density at radius 1 is 1.11 bits per heavy atom. The third-order valence-electron chi connectivity index (χ3n) is 2.96. The molecule has 0 heterocycles. The predicted octanol–water partition coefficient (Wildman–Crippen LogP) is 3.31. The van der Waals surface area contributed by atoms with Gasteiger partial charge in [-0.2, -0.15) is 0 Å². The first-order chi connectivity index (χ1) is 8.28. The second-order valence-electron chi connectivity index (χ2n) is 6.25. The quantitative estimate of drug-likeness (QED) is 0.810. The lowest BCUT2D eigenvalue weighted by molar-refractivity contribution is 0.0770. The van der Waals surface area contributed by atoms with Crippen molar-refractivity contribution in [1.82, 2.24) is 5.32 Å². The van der Waals surface area contributed by atoms with E-state index in [1.807, 2.05) is 13.8 Å². The van der Waals surface area contributed by atoms with Crippen LogP contribution in [0.1, 0.15) is 51.8 Å². The zero-order chi connectivity index (χ0) is 13.8. The topological polar surface area (TPSA) is 32.3 Å². The van der Waals surface area contributed by atoms with E-state index in [2.05, 4.69) is 50.4 Å². The molecule has 1 atom stereocenters. The van der Waals surface area contributed by atoms with E-state index in [1.54, 1.807) is 0 Å². The van der Waals surface area contributed by atoms with Crippen molar-refractivity contribution >= 4 is 0 Å². The standard InChI is InChI=1S/C16H27NO/c1-12(2)10-14-6-8-15(9-7-14)13(3)17-11-16(4,5)18/h6-9,12-13,17-18H,10-11H2,1-5H3. The molecule has 0 amide bonds. The van der Waals surface area contributed by atoms with Crippen LogP contribution in [0.15, 0.2) is 24.3 Å². The Bertz CT molecular complexity index is 348. The van der Waals surface area contributed by atoms with Crippen LogP contribution < -0.4 is 5.32 Å². The van der Waals surface area contributed by atoms with Gasteiger partial charge in [0.2, 0.25) is 0 Å². The summed E-state index contributed by atoms with van der Waals surface area (Å²) in [4.78, 5) is 0. The average molecular weight is 249 g/mol. The lowest BCUT2D eigenvalue weighted by atomic mass is 9.99. The molecule has 1 unspecified atom stereocenters. The number of nitrogens with one attached hydrogen (secondary N) is 1. The lowest BCUT2D eigenvalue weighted by Gasteiger charge is -2.22. The molecule has 0 spiro atoms. The van der Waals surface area contributed by atoms with Gasteiger partial charge in [-0.1, -0.05) is 38.1 Å². The summed E-state index contributed by atoms with van der Waals surface area (Å²) in [7, 11) is 0. The first-order valence-corrected chi connectivity index (χ1v) is 6.82. The van der Waals surface area contributed by atoms with Crippen molar-refractivity contribution in [1.29, 1.82) is 0 Å². The van der Waals surface area contributed by atoms with Crippen LogP contribution in [0.4, 0.5) is 0 Å². The number of hydrogen-bond donors (Lipinski definition) is 2. The van der Waals surface area contributed by atoms with Gasteiger partial charge in [-0.3, -0.25) is 0 Å². The zero-order valence-electron chi connectivity index (χ0n) is 12.3. The Kier molecular flexibility index (Phi) is 5.36. The molecule has 0 saturated carbocycles. The summed E-state index contributed by atoms with van der Waals surface area (Å²) >= 11 is 0.